The first-order valence-corrected chi connectivity index (χ1v) is 10.3. The molecule has 8 heteroatoms. The van der Waals surface area contributed by atoms with Gasteiger partial charge in [-0.3, -0.25) is 4.79 Å². The maximum absolute atomic E-state index is 12.9. The number of hydrogen-bond donors (Lipinski definition) is 3. The van der Waals surface area contributed by atoms with E-state index in [0.29, 0.717) is 0 Å². The molecule has 3 N–H and O–H groups in total. The number of carbonyl (C=O) groups is 3. The molecule has 0 heterocycles. The van der Waals surface area contributed by atoms with Gasteiger partial charge in [0.05, 0.1) is 6.61 Å². The fraction of sp³-hybridized carbons (Fsp3) is 0.375. The van der Waals surface area contributed by atoms with E-state index in [-0.39, 0.29) is 13.0 Å². The molecular formula is C24H30N2O6. The van der Waals surface area contributed by atoms with Crippen LogP contribution in [0.2, 0.25) is 0 Å². The molecule has 2 amide bonds. The summed E-state index contributed by atoms with van der Waals surface area (Å²) in [5.74, 6) is -1.42. The van der Waals surface area contributed by atoms with E-state index in [0.717, 1.165) is 11.1 Å². The second kappa shape index (κ2) is 11.9. The summed E-state index contributed by atoms with van der Waals surface area (Å²) in [4.78, 5) is 37.5. The van der Waals surface area contributed by atoms with Crippen molar-refractivity contribution in [1.29, 1.82) is 0 Å². The van der Waals surface area contributed by atoms with Gasteiger partial charge in [-0.05, 0) is 31.9 Å². The molecule has 2 aromatic carbocycles. The maximum atomic E-state index is 12.9. The third kappa shape index (κ3) is 8.77. The summed E-state index contributed by atoms with van der Waals surface area (Å²) in [5, 5.41) is 14.6. The molecular weight excluding hydrogens is 412 g/mol. The lowest BCUT2D eigenvalue weighted by Gasteiger charge is -2.24. The molecule has 0 aromatic heterocycles. The number of hydrogen-bond acceptors (Lipinski definition) is 6. The average Bonchev–Trinajstić information content (AvgIpc) is 2.75. The molecule has 2 atom stereocenters. The number of amides is 2. The van der Waals surface area contributed by atoms with Crippen molar-refractivity contribution in [3.8, 4) is 0 Å². The van der Waals surface area contributed by atoms with Gasteiger partial charge in [0.15, 0.2) is 6.04 Å². The van der Waals surface area contributed by atoms with Crippen molar-refractivity contribution in [3.05, 3.63) is 71.8 Å². The number of esters is 1. The fourth-order valence-electron chi connectivity index (χ4n) is 2.79. The Hall–Kier alpha value is -3.39. The van der Waals surface area contributed by atoms with E-state index in [2.05, 4.69) is 10.6 Å². The zero-order valence-electron chi connectivity index (χ0n) is 18.5. The summed E-state index contributed by atoms with van der Waals surface area (Å²) in [6, 6.07) is 15.8. The highest BCUT2D eigenvalue weighted by Crippen LogP contribution is 2.09. The SMILES string of the molecule is CC(C)(C)OC(=O)N[C@@H](Cc1ccccc1)C(=O)N[C@@H](CO)C(=O)OCc1ccccc1. The first-order chi connectivity index (χ1) is 15.2. The van der Waals surface area contributed by atoms with Gasteiger partial charge < -0.3 is 25.2 Å². The lowest BCUT2D eigenvalue weighted by molar-refractivity contribution is -0.150. The van der Waals surface area contributed by atoms with Gasteiger partial charge in [0, 0.05) is 6.42 Å². The summed E-state index contributed by atoms with van der Waals surface area (Å²) in [6.45, 7) is 4.50. The van der Waals surface area contributed by atoms with E-state index in [9.17, 15) is 19.5 Å². The Morgan fingerprint density at radius 3 is 1.97 bits per heavy atom. The maximum Gasteiger partial charge on any atom is 0.408 e. The molecule has 8 nitrogen and oxygen atoms in total. The standard InChI is InChI=1S/C24H30N2O6/c1-24(2,3)32-23(30)26-19(14-17-10-6-4-7-11-17)21(28)25-20(15-27)22(29)31-16-18-12-8-5-9-13-18/h4-13,19-20,27H,14-16H2,1-3H3,(H,25,28)(H,26,30)/t19-,20-/m0/s1. The second-order valence-corrected chi connectivity index (χ2v) is 8.23. The zero-order valence-corrected chi connectivity index (χ0v) is 18.5. The monoisotopic (exact) mass is 442 g/mol. The lowest BCUT2D eigenvalue weighted by Crippen LogP contribution is -2.54. The van der Waals surface area contributed by atoms with Crippen LogP contribution in [0.3, 0.4) is 0 Å². The first-order valence-electron chi connectivity index (χ1n) is 10.3. The summed E-state index contributed by atoms with van der Waals surface area (Å²) in [5.41, 5.74) is 0.834. The largest absolute Gasteiger partial charge is 0.459 e. The first kappa shape index (κ1) is 24.9. The van der Waals surface area contributed by atoms with Crippen molar-refractivity contribution in [2.75, 3.05) is 6.61 Å². The average molecular weight is 443 g/mol. The van der Waals surface area contributed by atoms with Crippen molar-refractivity contribution >= 4 is 18.0 Å². The molecule has 0 radical (unpaired) electrons. The van der Waals surface area contributed by atoms with Gasteiger partial charge in [-0.1, -0.05) is 60.7 Å². The van der Waals surface area contributed by atoms with E-state index in [1.54, 1.807) is 32.9 Å². The third-order valence-corrected chi connectivity index (χ3v) is 4.30. The highest BCUT2D eigenvalue weighted by molar-refractivity contribution is 5.90. The Balaban J connectivity index is 2.04. The molecule has 172 valence electrons. The molecule has 0 unspecified atom stereocenters. The highest BCUT2D eigenvalue weighted by atomic mass is 16.6. The summed E-state index contributed by atoms with van der Waals surface area (Å²) in [6.07, 6.45) is -0.593. The van der Waals surface area contributed by atoms with Crippen LogP contribution in [-0.2, 0) is 32.1 Å². The van der Waals surface area contributed by atoms with Crippen molar-refractivity contribution in [1.82, 2.24) is 10.6 Å². The van der Waals surface area contributed by atoms with Crippen LogP contribution in [0.4, 0.5) is 4.79 Å². The number of benzene rings is 2. The van der Waals surface area contributed by atoms with Gasteiger partial charge in [0.2, 0.25) is 5.91 Å². The number of ether oxygens (including phenoxy) is 2. The number of alkyl carbamates (subject to hydrolysis) is 1. The van der Waals surface area contributed by atoms with E-state index in [1.165, 1.54) is 0 Å². The van der Waals surface area contributed by atoms with Gasteiger partial charge in [-0.15, -0.1) is 0 Å². The zero-order chi connectivity index (χ0) is 23.6. The van der Waals surface area contributed by atoms with E-state index >= 15 is 0 Å². The van der Waals surface area contributed by atoms with Crippen LogP contribution in [0.5, 0.6) is 0 Å². The minimum absolute atomic E-state index is 0.00957. The molecule has 32 heavy (non-hydrogen) atoms. The topological polar surface area (TPSA) is 114 Å². The van der Waals surface area contributed by atoms with Crippen molar-refractivity contribution < 1.29 is 29.0 Å². The smallest absolute Gasteiger partial charge is 0.408 e. The third-order valence-electron chi connectivity index (χ3n) is 4.30. The van der Waals surface area contributed by atoms with Crippen molar-refractivity contribution in [3.63, 3.8) is 0 Å². The predicted molar refractivity (Wildman–Crippen MR) is 119 cm³/mol. The van der Waals surface area contributed by atoms with E-state index in [4.69, 9.17) is 9.47 Å². The van der Waals surface area contributed by atoms with Crippen LogP contribution >= 0.6 is 0 Å². The molecule has 0 saturated carbocycles. The van der Waals surface area contributed by atoms with Crippen LogP contribution in [0, 0.1) is 0 Å². The predicted octanol–water partition coefficient (Wildman–Crippen LogP) is 2.34. The lowest BCUT2D eigenvalue weighted by atomic mass is 10.0. The van der Waals surface area contributed by atoms with Crippen LogP contribution in [0.15, 0.2) is 60.7 Å². The summed E-state index contributed by atoms with van der Waals surface area (Å²) < 4.78 is 10.5. The molecule has 0 saturated heterocycles. The molecule has 0 aliphatic carbocycles. The van der Waals surface area contributed by atoms with Gasteiger partial charge in [-0.25, -0.2) is 9.59 Å². The molecule has 0 fully saturated rings. The number of rotatable bonds is 9. The molecule has 0 bridgehead atoms. The molecule has 0 aliphatic rings. The number of aliphatic hydroxyl groups is 1. The second-order valence-electron chi connectivity index (χ2n) is 8.23. The Kier molecular flexibility index (Phi) is 9.22. The Morgan fingerprint density at radius 2 is 1.44 bits per heavy atom. The van der Waals surface area contributed by atoms with E-state index < -0.39 is 42.3 Å². The Bertz CT molecular complexity index is 880. The molecule has 2 rings (SSSR count). The van der Waals surface area contributed by atoms with Crippen LogP contribution in [0.1, 0.15) is 31.9 Å². The highest BCUT2D eigenvalue weighted by Gasteiger charge is 2.29. The number of nitrogens with one attached hydrogen (secondary N) is 2. The molecule has 0 spiro atoms. The molecule has 2 aromatic rings. The summed E-state index contributed by atoms with van der Waals surface area (Å²) in [7, 11) is 0. The quantitative estimate of drug-likeness (QED) is 0.514. The van der Waals surface area contributed by atoms with Gasteiger partial charge >= 0.3 is 12.1 Å². The summed E-state index contributed by atoms with van der Waals surface area (Å²) >= 11 is 0. The van der Waals surface area contributed by atoms with Crippen LogP contribution < -0.4 is 10.6 Å². The minimum Gasteiger partial charge on any atom is -0.459 e. The van der Waals surface area contributed by atoms with Gasteiger partial charge in [0.1, 0.15) is 18.2 Å². The van der Waals surface area contributed by atoms with Gasteiger partial charge in [0.25, 0.3) is 0 Å². The molecule has 0 aliphatic heterocycles. The van der Waals surface area contributed by atoms with Gasteiger partial charge in [-0.2, -0.15) is 0 Å². The fourth-order valence-corrected chi connectivity index (χ4v) is 2.79. The van der Waals surface area contributed by atoms with E-state index in [1.807, 2.05) is 48.5 Å². The van der Waals surface area contributed by atoms with Crippen LogP contribution in [-0.4, -0.2) is 47.4 Å². The normalized spacial score (nSPS) is 12.9. The number of carbonyl (C=O) groups excluding carboxylic acids is 3. The Morgan fingerprint density at radius 1 is 0.875 bits per heavy atom. The van der Waals surface area contributed by atoms with Crippen LogP contribution in [0.25, 0.3) is 0 Å². The minimum atomic E-state index is -1.27. The van der Waals surface area contributed by atoms with Crippen molar-refractivity contribution in [2.24, 2.45) is 0 Å². The van der Waals surface area contributed by atoms with Crippen molar-refractivity contribution in [2.45, 2.75) is 51.5 Å². The Labute approximate surface area is 187 Å². The number of aliphatic hydroxyl groups excluding tert-OH is 1.